The summed E-state index contributed by atoms with van der Waals surface area (Å²) in [6, 6.07) is 29.1. The van der Waals surface area contributed by atoms with Gasteiger partial charge >= 0.3 is 0 Å². The number of nitriles is 1. The van der Waals surface area contributed by atoms with Crippen LogP contribution in [0.25, 0.3) is 33.5 Å². The summed E-state index contributed by atoms with van der Waals surface area (Å²) in [4.78, 5) is 18.3. The fraction of sp³-hybridized carbons (Fsp3) is 0.0323. The lowest BCUT2D eigenvalue weighted by Crippen LogP contribution is -2.20. The van der Waals surface area contributed by atoms with Crippen molar-refractivity contribution in [2.45, 2.75) is 6.61 Å². The molecule has 2 heterocycles. The number of para-hydroxylation sites is 1. The van der Waals surface area contributed by atoms with Crippen LogP contribution in [0.4, 0.5) is 0 Å². The Balaban J connectivity index is 1.44. The maximum absolute atomic E-state index is 13.6. The number of hydrogen-bond acceptors (Lipinski definition) is 6. The van der Waals surface area contributed by atoms with Gasteiger partial charge in [0.15, 0.2) is 5.76 Å². The molecule has 4 aromatic carbocycles. The third-order valence-corrected chi connectivity index (χ3v) is 6.99. The van der Waals surface area contributed by atoms with Gasteiger partial charge in [-0.15, -0.1) is 0 Å². The minimum Gasteiger partial charge on any atom is -0.488 e. The van der Waals surface area contributed by atoms with Gasteiger partial charge in [0.2, 0.25) is 5.82 Å². The van der Waals surface area contributed by atoms with Gasteiger partial charge in [0, 0.05) is 26.0 Å². The van der Waals surface area contributed by atoms with Crippen molar-refractivity contribution >= 4 is 55.6 Å². The summed E-state index contributed by atoms with van der Waals surface area (Å²) in [5.74, 6) is 1.14. The zero-order valence-corrected chi connectivity index (χ0v) is 23.1. The van der Waals surface area contributed by atoms with Crippen LogP contribution in [-0.2, 0) is 6.61 Å². The molecular weight excluding hydrogens is 592 g/mol. The molecule has 0 spiro atoms. The highest BCUT2D eigenvalue weighted by molar-refractivity contribution is 9.10. The Bertz CT molecular complexity index is 2040. The third-order valence-electron chi connectivity index (χ3n) is 6.26. The van der Waals surface area contributed by atoms with Crippen LogP contribution in [0.1, 0.15) is 16.7 Å². The van der Waals surface area contributed by atoms with E-state index in [1.54, 1.807) is 54.6 Å². The summed E-state index contributed by atoms with van der Waals surface area (Å²) in [6.45, 7) is 0.191. The van der Waals surface area contributed by atoms with E-state index in [0.717, 1.165) is 15.4 Å². The number of nitrogens with zero attached hydrogens (tertiary/aromatic N) is 4. The maximum Gasteiger partial charge on any atom is 0.282 e. The summed E-state index contributed by atoms with van der Waals surface area (Å²) >= 11 is 9.67. The number of halogens is 2. The molecular formula is C31H18BrClN4O3. The molecule has 0 atom stereocenters. The van der Waals surface area contributed by atoms with E-state index in [0.29, 0.717) is 44.1 Å². The van der Waals surface area contributed by atoms with Crippen LogP contribution in [0.2, 0.25) is 5.02 Å². The van der Waals surface area contributed by atoms with E-state index in [9.17, 15) is 10.1 Å². The number of rotatable bonds is 6. The zero-order chi connectivity index (χ0) is 27.6. The molecule has 2 aromatic heterocycles. The largest absolute Gasteiger partial charge is 0.488 e. The topological polar surface area (TPSA) is 93.4 Å². The highest BCUT2D eigenvalue weighted by atomic mass is 79.9. The Morgan fingerprint density at radius 2 is 1.88 bits per heavy atom. The molecule has 0 radical (unpaired) electrons. The summed E-state index contributed by atoms with van der Waals surface area (Å²) in [5.41, 5.74) is 2.70. The van der Waals surface area contributed by atoms with Gasteiger partial charge in [-0.1, -0.05) is 57.9 Å². The molecule has 0 aliphatic heterocycles. The van der Waals surface area contributed by atoms with Crippen molar-refractivity contribution in [2.24, 2.45) is 5.10 Å². The molecule has 0 fully saturated rings. The van der Waals surface area contributed by atoms with Crippen LogP contribution in [0.5, 0.6) is 5.75 Å². The van der Waals surface area contributed by atoms with Crippen LogP contribution in [0.15, 0.2) is 110 Å². The molecule has 0 unspecified atom stereocenters. The van der Waals surface area contributed by atoms with Gasteiger partial charge in [-0.05, 0) is 60.7 Å². The number of ether oxygens (including phenoxy) is 1. The monoisotopic (exact) mass is 608 g/mol. The molecule has 0 aliphatic rings. The minimum atomic E-state index is -0.351. The van der Waals surface area contributed by atoms with Gasteiger partial charge in [-0.25, -0.2) is 4.98 Å². The van der Waals surface area contributed by atoms with Crippen molar-refractivity contribution in [3.63, 3.8) is 0 Å². The van der Waals surface area contributed by atoms with E-state index < -0.39 is 0 Å². The van der Waals surface area contributed by atoms with Gasteiger partial charge < -0.3 is 9.15 Å². The van der Waals surface area contributed by atoms with Crippen LogP contribution in [0, 0.1) is 11.3 Å². The summed E-state index contributed by atoms with van der Waals surface area (Å²) < 4.78 is 14.1. The lowest BCUT2D eigenvalue weighted by molar-refractivity contribution is 0.305. The number of fused-ring (bicyclic) bond motifs is 2. The fourth-order valence-electron chi connectivity index (χ4n) is 4.30. The third kappa shape index (κ3) is 5.00. The Kier molecular flexibility index (Phi) is 6.91. The molecule has 0 N–H and O–H groups in total. The van der Waals surface area contributed by atoms with Gasteiger partial charge in [-0.2, -0.15) is 15.0 Å². The molecule has 7 nitrogen and oxygen atoms in total. The molecule has 0 aliphatic carbocycles. The lowest BCUT2D eigenvalue weighted by atomic mass is 10.1. The average Bonchev–Trinajstić information content (AvgIpc) is 3.39. The van der Waals surface area contributed by atoms with Gasteiger partial charge in [0.25, 0.3) is 5.56 Å². The van der Waals surface area contributed by atoms with Crippen molar-refractivity contribution in [3.8, 4) is 23.4 Å². The van der Waals surface area contributed by atoms with Crippen molar-refractivity contribution in [3.05, 3.63) is 128 Å². The van der Waals surface area contributed by atoms with Gasteiger partial charge in [0.1, 0.15) is 17.9 Å². The molecule has 0 saturated heterocycles. The van der Waals surface area contributed by atoms with E-state index >= 15 is 0 Å². The Hall–Kier alpha value is -4.71. The molecule has 0 bridgehead atoms. The molecule has 9 heteroatoms. The Morgan fingerprint density at radius 1 is 1.05 bits per heavy atom. The number of furan rings is 1. The first-order valence-electron chi connectivity index (χ1n) is 12.2. The van der Waals surface area contributed by atoms with Crippen LogP contribution in [0.3, 0.4) is 0 Å². The highest BCUT2D eigenvalue weighted by Gasteiger charge is 2.17. The summed E-state index contributed by atoms with van der Waals surface area (Å²) in [7, 11) is 0. The van der Waals surface area contributed by atoms with Crippen molar-refractivity contribution in [1.82, 2.24) is 9.66 Å². The van der Waals surface area contributed by atoms with Crippen LogP contribution < -0.4 is 10.3 Å². The van der Waals surface area contributed by atoms with Crippen LogP contribution >= 0.6 is 27.5 Å². The van der Waals surface area contributed by atoms with Crippen molar-refractivity contribution < 1.29 is 9.15 Å². The minimum absolute atomic E-state index is 0.191. The number of hydrogen-bond donors (Lipinski definition) is 0. The SMILES string of the molecule is N#Cc1ccccc1COc1ccc(Br)cc1C=Nn1c(-c2cc3cc(Cl)ccc3o2)nc2ccccc2c1=O. The molecule has 0 saturated carbocycles. The van der Waals surface area contributed by atoms with Crippen molar-refractivity contribution in [1.29, 1.82) is 5.26 Å². The van der Waals surface area contributed by atoms with Gasteiger partial charge in [-0.3, -0.25) is 4.79 Å². The molecule has 194 valence electrons. The Morgan fingerprint density at radius 3 is 2.75 bits per heavy atom. The second-order valence-corrected chi connectivity index (χ2v) is 10.2. The van der Waals surface area contributed by atoms with Gasteiger partial charge in [0.05, 0.1) is 28.8 Å². The zero-order valence-electron chi connectivity index (χ0n) is 20.7. The standard InChI is InChI=1S/C31H18BrClN4O3/c32-23-9-11-27(39-18-20-6-2-1-5-19(20)16-34)22(13-23)17-35-37-30(36-26-8-4-3-7-25(26)31(37)38)29-15-21-14-24(33)10-12-28(21)40-29/h1-15,17H,18H2. The second-order valence-electron chi connectivity index (χ2n) is 8.85. The smallest absolute Gasteiger partial charge is 0.282 e. The predicted octanol–water partition coefficient (Wildman–Crippen LogP) is 7.56. The highest BCUT2D eigenvalue weighted by Crippen LogP contribution is 2.29. The average molecular weight is 610 g/mol. The molecule has 40 heavy (non-hydrogen) atoms. The van der Waals surface area contributed by atoms with E-state index in [1.807, 2.05) is 36.4 Å². The van der Waals surface area contributed by atoms with Crippen molar-refractivity contribution in [2.75, 3.05) is 0 Å². The number of benzene rings is 4. The first kappa shape index (κ1) is 25.6. The molecule has 6 aromatic rings. The lowest BCUT2D eigenvalue weighted by Gasteiger charge is -2.11. The molecule has 6 rings (SSSR count). The number of aromatic nitrogens is 2. The summed E-state index contributed by atoms with van der Waals surface area (Å²) in [6.07, 6.45) is 1.54. The fourth-order valence-corrected chi connectivity index (χ4v) is 4.86. The predicted molar refractivity (Wildman–Crippen MR) is 159 cm³/mol. The maximum atomic E-state index is 13.6. The van der Waals surface area contributed by atoms with E-state index in [2.05, 4.69) is 27.1 Å². The first-order chi connectivity index (χ1) is 19.5. The Labute approximate surface area is 241 Å². The summed E-state index contributed by atoms with van der Waals surface area (Å²) in [5, 5.41) is 15.7. The quantitative estimate of drug-likeness (QED) is 0.182. The van der Waals surface area contributed by atoms with E-state index in [-0.39, 0.29) is 18.0 Å². The van der Waals surface area contributed by atoms with Crippen LogP contribution in [-0.4, -0.2) is 15.9 Å². The van der Waals surface area contributed by atoms with E-state index in [1.165, 1.54) is 10.9 Å². The molecule has 0 amide bonds. The second kappa shape index (κ2) is 10.8. The first-order valence-corrected chi connectivity index (χ1v) is 13.3. The van der Waals surface area contributed by atoms with E-state index in [4.69, 9.17) is 25.7 Å². The normalized spacial score (nSPS) is 11.3.